The maximum Gasteiger partial charge on any atom is 0.323 e. The van der Waals surface area contributed by atoms with Gasteiger partial charge in [-0.05, 0) is 25.1 Å². The molecule has 1 aromatic rings. The molecule has 8 heteroatoms. The lowest BCUT2D eigenvalue weighted by molar-refractivity contribution is -0.135. The van der Waals surface area contributed by atoms with Gasteiger partial charge in [0.15, 0.2) is 0 Å². The number of nitrogens with zero attached hydrogens (tertiary/aromatic N) is 1. The van der Waals surface area contributed by atoms with E-state index in [0.717, 1.165) is 4.90 Å². The van der Waals surface area contributed by atoms with E-state index in [4.69, 9.17) is 16.7 Å². The number of halogens is 1. The smallest absolute Gasteiger partial charge is 0.323 e. The molecule has 1 atom stereocenters. The molecule has 1 rings (SSSR count). The number of carbonyl (C=O) groups excluding carboxylic acids is 2. The molecule has 3 N–H and O–H groups in total. The summed E-state index contributed by atoms with van der Waals surface area (Å²) in [5.41, 5.74) is 0.325. The SMILES string of the molecule is CNC(=O)C(C)NC(=O)N(CC(=O)O)c1cccc(Cl)c1. The lowest BCUT2D eigenvalue weighted by Gasteiger charge is -2.23. The third kappa shape index (κ3) is 4.96. The molecule has 0 spiro atoms. The second kappa shape index (κ2) is 7.49. The summed E-state index contributed by atoms with van der Waals surface area (Å²) in [4.78, 5) is 35.5. The van der Waals surface area contributed by atoms with E-state index < -0.39 is 24.6 Å². The van der Waals surface area contributed by atoms with E-state index in [2.05, 4.69) is 10.6 Å². The third-order valence-electron chi connectivity index (χ3n) is 2.64. The molecule has 1 aromatic carbocycles. The highest BCUT2D eigenvalue weighted by Crippen LogP contribution is 2.19. The van der Waals surface area contributed by atoms with Crippen LogP contribution < -0.4 is 15.5 Å². The fourth-order valence-corrected chi connectivity index (χ4v) is 1.79. The van der Waals surface area contributed by atoms with Crippen molar-refractivity contribution in [1.29, 1.82) is 0 Å². The van der Waals surface area contributed by atoms with E-state index >= 15 is 0 Å². The molecule has 0 saturated carbocycles. The number of rotatable bonds is 5. The number of nitrogens with one attached hydrogen (secondary N) is 2. The summed E-state index contributed by atoms with van der Waals surface area (Å²) in [6.07, 6.45) is 0. The van der Waals surface area contributed by atoms with Crippen LogP contribution in [0.1, 0.15) is 6.92 Å². The molecule has 0 bridgehead atoms. The summed E-state index contributed by atoms with van der Waals surface area (Å²) < 4.78 is 0. The zero-order chi connectivity index (χ0) is 16.0. The average molecular weight is 314 g/mol. The quantitative estimate of drug-likeness (QED) is 0.757. The van der Waals surface area contributed by atoms with Crippen LogP contribution in [0.5, 0.6) is 0 Å². The number of carbonyl (C=O) groups is 3. The number of amides is 3. The summed E-state index contributed by atoms with van der Waals surface area (Å²) in [6, 6.07) is 4.73. The number of aliphatic carboxylic acids is 1. The molecule has 0 aliphatic carbocycles. The highest BCUT2D eigenvalue weighted by Gasteiger charge is 2.22. The molecule has 0 saturated heterocycles. The topological polar surface area (TPSA) is 98.7 Å². The molecular weight excluding hydrogens is 298 g/mol. The van der Waals surface area contributed by atoms with Crippen molar-refractivity contribution in [3.05, 3.63) is 29.3 Å². The van der Waals surface area contributed by atoms with Crippen molar-refractivity contribution in [3.63, 3.8) is 0 Å². The Labute approximate surface area is 126 Å². The number of carboxylic acids is 1. The second-order valence-electron chi connectivity index (χ2n) is 4.25. The van der Waals surface area contributed by atoms with Crippen LogP contribution >= 0.6 is 11.6 Å². The van der Waals surface area contributed by atoms with Crippen LogP contribution in [-0.2, 0) is 9.59 Å². The van der Waals surface area contributed by atoms with Gasteiger partial charge in [0.25, 0.3) is 0 Å². The minimum Gasteiger partial charge on any atom is -0.480 e. The predicted octanol–water partition coefficient (Wildman–Crippen LogP) is 1.08. The fourth-order valence-electron chi connectivity index (χ4n) is 1.60. The lowest BCUT2D eigenvalue weighted by Crippen LogP contribution is -2.50. The summed E-state index contributed by atoms with van der Waals surface area (Å²) in [5, 5.41) is 14.1. The van der Waals surface area contributed by atoms with Crippen LogP contribution in [0.15, 0.2) is 24.3 Å². The van der Waals surface area contributed by atoms with Gasteiger partial charge in [-0.2, -0.15) is 0 Å². The Morgan fingerprint density at radius 3 is 2.57 bits per heavy atom. The normalized spacial score (nSPS) is 11.4. The van der Waals surface area contributed by atoms with Crippen molar-refractivity contribution in [3.8, 4) is 0 Å². The molecule has 0 aliphatic rings. The monoisotopic (exact) mass is 313 g/mol. The zero-order valence-corrected chi connectivity index (χ0v) is 12.3. The first-order valence-electron chi connectivity index (χ1n) is 6.12. The van der Waals surface area contributed by atoms with Gasteiger partial charge < -0.3 is 15.7 Å². The minimum atomic E-state index is -1.18. The van der Waals surface area contributed by atoms with E-state index in [1.165, 1.54) is 20.0 Å². The van der Waals surface area contributed by atoms with Gasteiger partial charge in [0.05, 0.1) is 0 Å². The number of carboxylic acid groups (broad SMARTS) is 1. The maximum atomic E-state index is 12.1. The number of likely N-dealkylation sites (N-methyl/N-ethyl adjacent to an activating group) is 1. The lowest BCUT2D eigenvalue weighted by atomic mass is 10.3. The van der Waals surface area contributed by atoms with Crippen molar-refractivity contribution < 1.29 is 19.5 Å². The van der Waals surface area contributed by atoms with E-state index in [0.29, 0.717) is 10.7 Å². The van der Waals surface area contributed by atoms with Crippen molar-refractivity contribution in [2.45, 2.75) is 13.0 Å². The number of hydrogen-bond acceptors (Lipinski definition) is 3. The molecular formula is C13H16ClN3O4. The van der Waals surface area contributed by atoms with Gasteiger partial charge >= 0.3 is 12.0 Å². The minimum absolute atomic E-state index is 0.325. The first-order chi connectivity index (χ1) is 9.85. The third-order valence-corrected chi connectivity index (χ3v) is 2.87. The molecule has 21 heavy (non-hydrogen) atoms. The van der Waals surface area contributed by atoms with E-state index in [1.54, 1.807) is 18.2 Å². The largest absolute Gasteiger partial charge is 0.480 e. The number of urea groups is 1. The van der Waals surface area contributed by atoms with Gasteiger partial charge in [0.1, 0.15) is 12.6 Å². The van der Waals surface area contributed by atoms with Crippen LogP contribution in [0.2, 0.25) is 5.02 Å². The Bertz CT molecular complexity index is 550. The Morgan fingerprint density at radius 2 is 2.05 bits per heavy atom. The highest BCUT2D eigenvalue weighted by atomic mass is 35.5. The van der Waals surface area contributed by atoms with Crippen LogP contribution in [0.4, 0.5) is 10.5 Å². The molecule has 3 amide bonds. The van der Waals surface area contributed by atoms with Crippen LogP contribution in [0.3, 0.4) is 0 Å². The van der Waals surface area contributed by atoms with Crippen LogP contribution in [0.25, 0.3) is 0 Å². The molecule has 0 radical (unpaired) electrons. The van der Waals surface area contributed by atoms with Crippen molar-refractivity contribution in [2.24, 2.45) is 0 Å². The van der Waals surface area contributed by atoms with Gasteiger partial charge in [-0.15, -0.1) is 0 Å². The molecule has 114 valence electrons. The summed E-state index contributed by atoms with van der Waals surface area (Å²) in [6.45, 7) is 0.945. The number of benzene rings is 1. The highest BCUT2D eigenvalue weighted by molar-refractivity contribution is 6.30. The van der Waals surface area contributed by atoms with Gasteiger partial charge in [-0.1, -0.05) is 17.7 Å². The molecule has 7 nitrogen and oxygen atoms in total. The average Bonchev–Trinajstić information content (AvgIpc) is 2.43. The summed E-state index contributed by atoms with van der Waals surface area (Å²) >= 11 is 5.84. The Balaban J connectivity index is 2.94. The van der Waals surface area contributed by atoms with Crippen molar-refractivity contribution in [2.75, 3.05) is 18.5 Å². The first-order valence-corrected chi connectivity index (χ1v) is 6.50. The Hall–Kier alpha value is -2.28. The van der Waals surface area contributed by atoms with Crippen LogP contribution in [-0.4, -0.2) is 42.6 Å². The molecule has 0 aromatic heterocycles. The summed E-state index contributed by atoms with van der Waals surface area (Å²) in [5.74, 6) is -1.57. The van der Waals surface area contributed by atoms with E-state index in [9.17, 15) is 14.4 Å². The maximum absolute atomic E-state index is 12.1. The number of anilines is 1. The van der Waals surface area contributed by atoms with Gasteiger partial charge in [-0.25, -0.2) is 4.79 Å². The molecule has 0 heterocycles. The van der Waals surface area contributed by atoms with E-state index in [1.807, 2.05) is 0 Å². The first kappa shape index (κ1) is 16.8. The second-order valence-corrected chi connectivity index (χ2v) is 4.68. The molecule has 1 unspecified atom stereocenters. The predicted molar refractivity (Wildman–Crippen MR) is 78.5 cm³/mol. The Morgan fingerprint density at radius 1 is 1.38 bits per heavy atom. The Kier molecular flexibility index (Phi) is 5.98. The zero-order valence-electron chi connectivity index (χ0n) is 11.6. The standard InChI is InChI=1S/C13H16ClN3O4/c1-8(12(20)15-2)16-13(21)17(7-11(18)19)10-5-3-4-9(14)6-10/h3-6,8H,7H2,1-2H3,(H,15,20)(H,16,21)(H,18,19). The summed E-state index contributed by atoms with van der Waals surface area (Å²) in [7, 11) is 1.44. The fraction of sp³-hybridized carbons (Fsp3) is 0.308. The molecule has 0 aliphatic heterocycles. The van der Waals surface area contributed by atoms with E-state index in [-0.39, 0.29) is 5.91 Å². The van der Waals surface area contributed by atoms with Crippen LogP contribution in [0, 0.1) is 0 Å². The van der Waals surface area contributed by atoms with Crippen molar-refractivity contribution in [1.82, 2.24) is 10.6 Å². The molecule has 0 fully saturated rings. The van der Waals surface area contributed by atoms with Crippen molar-refractivity contribution >= 4 is 35.2 Å². The number of hydrogen-bond donors (Lipinski definition) is 3. The van der Waals surface area contributed by atoms with Gasteiger partial charge in [0.2, 0.25) is 5.91 Å². The van der Waals surface area contributed by atoms with Gasteiger partial charge in [-0.3, -0.25) is 14.5 Å². The van der Waals surface area contributed by atoms with Gasteiger partial charge in [0, 0.05) is 17.8 Å².